The maximum atomic E-state index is 13.7. The summed E-state index contributed by atoms with van der Waals surface area (Å²) in [6.07, 6.45) is 0.336. The zero-order valence-corrected chi connectivity index (χ0v) is 7.24. The summed E-state index contributed by atoms with van der Waals surface area (Å²) >= 11 is 0. The lowest BCUT2D eigenvalue weighted by atomic mass is 9.84. The molecule has 1 rings (SSSR count). The van der Waals surface area contributed by atoms with Gasteiger partial charge in [-0.25, -0.2) is 17.6 Å². The second-order valence-corrected chi connectivity index (χ2v) is 3.07. The average Bonchev–Trinajstić information content (AvgIpc) is 2.15. The van der Waals surface area contributed by atoms with Gasteiger partial charge in [-0.15, -0.1) is 0 Å². The number of alkyl halides is 1. The van der Waals surface area contributed by atoms with Crippen LogP contribution in [0.2, 0.25) is 0 Å². The molecule has 14 heavy (non-hydrogen) atoms. The van der Waals surface area contributed by atoms with Crippen LogP contribution in [0.3, 0.4) is 0 Å². The molecule has 0 amide bonds. The summed E-state index contributed by atoms with van der Waals surface area (Å²) in [5.74, 6) is -6.32. The van der Waals surface area contributed by atoms with Crippen LogP contribution in [0.1, 0.15) is 0 Å². The molecule has 1 aliphatic rings. The summed E-state index contributed by atoms with van der Waals surface area (Å²) in [7, 11) is 0. The van der Waals surface area contributed by atoms with Gasteiger partial charge in [0, 0.05) is 13.1 Å². The maximum Gasteiger partial charge on any atom is 0.190 e. The Morgan fingerprint density at radius 1 is 1.29 bits per heavy atom. The van der Waals surface area contributed by atoms with Crippen molar-refractivity contribution in [3.05, 3.63) is 23.6 Å². The van der Waals surface area contributed by atoms with Crippen molar-refractivity contribution in [3.63, 3.8) is 0 Å². The Morgan fingerprint density at radius 3 is 2.29 bits per heavy atom. The average molecular weight is 210 g/mol. The van der Waals surface area contributed by atoms with E-state index < -0.39 is 42.2 Å². The molecule has 0 aromatic rings. The van der Waals surface area contributed by atoms with Gasteiger partial charge in [0.25, 0.3) is 0 Å². The molecule has 2 atom stereocenters. The highest BCUT2D eigenvalue weighted by atomic mass is 19.2. The fraction of sp³-hybridized carbons (Fsp3) is 0.500. The number of allylic oxidation sites excluding steroid dienone is 2. The first-order chi connectivity index (χ1) is 6.46. The Bertz CT molecular complexity index is 300. The molecule has 0 aromatic carbocycles. The van der Waals surface area contributed by atoms with Crippen molar-refractivity contribution < 1.29 is 17.6 Å². The summed E-state index contributed by atoms with van der Waals surface area (Å²) in [4.78, 5) is 0. The predicted octanol–water partition coefficient (Wildman–Crippen LogP) is 1.25. The van der Waals surface area contributed by atoms with Crippen LogP contribution >= 0.6 is 0 Å². The van der Waals surface area contributed by atoms with Crippen molar-refractivity contribution >= 4 is 0 Å². The standard InChI is InChI=1S/C8H10F4N2/c9-5-1-8(12,3-14)4(2-13)6(10)7(5)11/h1,4H,2-3,13-14H2. The van der Waals surface area contributed by atoms with Gasteiger partial charge in [0.05, 0.1) is 5.92 Å². The van der Waals surface area contributed by atoms with Crippen LogP contribution in [0.5, 0.6) is 0 Å². The predicted molar refractivity (Wildman–Crippen MR) is 43.9 cm³/mol. The second-order valence-electron chi connectivity index (χ2n) is 3.07. The highest BCUT2D eigenvalue weighted by Crippen LogP contribution is 2.40. The molecule has 2 unspecified atom stereocenters. The molecule has 2 nitrogen and oxygen atoms in total. The Balaban J connectivity index is 3.17. The first-order valence-electron chi connectivity index (χ1n) is 3.99. The number of halogens is 4. The van der Waals surface area contributed by atoms with Crippen LogP contribution in [0, 0.1) is 5.92 Å². The lowest BCUT2D eigenvalue weighted by Gasteiger charge is -2.30. The normalized spacial score (nSPS) is 33.3. The van der Waals surface area contributed by atoms with Crippen LogP contribution in [-0.4, -0.2) is 18.8 Å². The number of hydrogen-bond donors (Lipinski definition) is 2. The van der Waals surface area contributed by atoms with Gasteiger partial charge in [-0.3, -0.25) is 0 Å². The summed E-state index contributed by atoms with van der Waals surface area (Å²) in [5.41, 5.74) is 7.64. The smallest absolute Gasteiger partial charge is 0.190 e. The van der Waals surface area contributed by atoms with E-state index in [0.717, 1.165) is 0 Å². The number of rotatable bonds is 2. The Morgan fingerprint density at radius 2 is 1.86 bits per heavy atom. The number of nitrogens with two attached hydrogens (primary N) is 2. The van der Waals surface area contributed by atoms with Gasteiger partial charge in [0.2, 0.25) is 0 Å². The zero-order chi connectivity index (χ0) is 10.9. The molecule has 0 saturated heterocycles. The molecule has 6 heteroatoms. The van der Waals surface area contributed by atoms with Crippen molar-refractivity contribution in [1.29, 1.82) is 0 Å². The van der Waals surface area contributed by atoms with Crippen molar-refractivity contribution in [1.82, 2.24) is 0 Å². The van der Waals surface area contributed by atoms with E-state index in [1.165, 1.54) is 0 Å². The van der Waals surface area contributed by atoms with Gasteiger partial charge >= 0.3 is 0 Å². The molecule has 4 N–H and O–H groups in total. The third-order valence-corrected chi connectivity index (χ3v) is 2.22. The Labute approximate surface area is 78.3 Å². The van der Waals surface area contributed by atoms with Crippen LogP contribution in [0.4, 0.5) is 17.6 Å². The minimum Gasteiger partial charge on any atom is -0.330 e. The molecule has 0 aliphatic heterocycles. The fourth-order valence-corrected chi connectivity index (χ4v) is 1.35. The van der Waals surface area contributed by atoms with Crippen LogP contribution < -0.4 is 11.5 Å². The van der Waals surface area contributed by atoms with Crippen molar-refractivity contribution in [3.8, 4) is 0 Å². The first kappa shape index (κ1) is 11.2. The molecule has 0 radical (unpaired) electrons. The van der Waals surface area contributed by atoms with Gasteiger partial charge in [-0.1, -0.05) is 0 Å². The molecule has 0 heterocycles. The molecule has 1 aliphatic carbocycles. The largest absolute Gasteiger partial charge is 0.330 e. The molecule has 0 spiro atoms. The molecule has 0 aromatic heterocycles. The second kappa shape index (κ2) is 3.70. The van der Waals surface area contributed by atoms with E-state index in [1.54, 1.807) is 0 Å². The number of hydrogen-bond acceptors (Lipinski definition) is 2. The van der Waals surface area contributed by atoms with Gasteiger partial charge in [0.1, 0.15) is 5.83 Å². The summed E-state index contributed by atoms with van der Waals surface area (Å²) < 4.78 is 52.1. The van der Waals surface area contributed by atoms with E-state index in [0.29, 0.717) is 6.08 Å². The highest BCUT2D eigenvalue weighted by molar-refractivity contribution is 5.34. The maximum absolute atomic E-state index is 13.7. The van der Waals surface area contributed by atoms with Gasteiger partial charge < -0.3 is 11.5 Å². The van der Waals surface area contributed by atoms with Crippen molar-refractivity contribution in [2.45, 2.75) is 5.67 Å². The van der Waals surface area contributed by atoms with Crippen LogP contribution in [0.25, 0.3) is 0 Å². The van der Waals surface area contributed by atoms with E-state index in [9.17, 15) is 17.6 Å². The van der Waals surface area contributed by atoms with Gasteiger partial charge in [-0.05, 0) is 6.08 Å². The SMILES string of the molecule is NCC1C(F)=C(F)C(F)=CC1(F)CN. The minimum absolute atomic E-state index is 0.336. The molecular formula is C8H10F4N2. The van der Waals surface area contributed by atoms with E-state index in [-0.39, 0.29) is 0 Å². The monoisotopic (exact) mass is 210 g/mol. The van der Waals surface area contributed by atoms with Crippen LogP contribution in [-0.2, 0) is 0 Å². The summed E-state index contributed by atoms with van der Waals surface area (Å²) in [6.45, 7) is -1.13. The summed E-state index contributed by atoms with van der Waals surface area (Å²) in [6, 6.07) is 0. The van der Waals surface area contributed by atoms with E-state index in [4.69, 9.17) is 11.5 Å². The lowest BCUT2D eigenvalue weighted by molar-refractivity contribution is 0.141. The molecule has 80 valence electrons. The quantitative estimate of drug-likeness (QED) is 0.674. The fourth-order valence-electron chi connectivity index (χ4n) is 1.35. The first-order valence-corrected chi connectivity index (χ1v) is 3.99. The lowest BCUT2D eigenvalue weighted by Crippen LogP contribution is -2.45. The van der Waals surface area contributed by atoms with Crippen molar-refractivity contribution in [2.24, 2.45) is 17.4 Å². The van der Waals surface area contributed by atoms with E-state index >= 15 is 0 Å². The topological polar surface area (TPSA) is 52.0 Å². The van der Waals surface area contributed by atoms with Gasteiger partial charge in [-0.2, -0.15) is 0 Å². The van der Waals surface area contributed by atoms with E-state index in [1.807, 2.05) is 0 Å². The highest BCUT2D eigenvalue weighted by Gasteiger charge is 2.44. The third kappa shape index (κ3) is 1.55. The zero-order valence-electron chi connectivity index (χ0n) is 7.24. The third-order valence-electron chi connectivity index (χ3n) is 2.22. The molecular weight excluding hydrogens is 200 g/mol. The van der Waals surface area contributed by atoms with E-state index in [2.05, 4.69) is 0 Å². The summed E-state index contributed by atoms with van der Waals surface area (Å²) in [5, 5.41) is 0. The molecule has 0 bridgehead atoms. The Hall–Kier alpha value is -0.880. The Kier molecular flexibility index (Phi) is 2.96. The molecule has 0 fully saturated rings. The minimum atomic E-state index is -2.45. The van der Waals surface area contributed by atoms with Gasteiger partial charge in [0.15, 0.2) is 17.3 Å². The molecule has 0 saturated carbocycles. The van der Waals surface area contributed by atoms with Crippen LogP contribution in [0.15, 0.2) is 23.6 Å². The van der Waals surface area contributed by atoms with Crippen molar-refractivity contribution in [2.75, 3.05) is 13.1 Å².